The van der Waals surface area contributed by atoms with Crippen molar-refractivity contribution >= 4 is 0 Å². The molecule has 1 saturated heterocycles. The third-order valence-electron chi connectivity index (χ3n) is 3.57. The van der Waals surface area contributed by atoms with E-state index in [-0.39, 0.29) is 18.1 Å². The number of alkyl halides is 2. The van der Waals surface area contributed by atoms with E-state index in [9.17, 15) is 8.78 Å². The van der Waals surface area contributed by atoms with Crippen LogP contribution >= 0.6 is 0 Å². The van der Waals surface area contributed by atoms with Crippen molar-refractivity contribution in [2.75, 3.05) is 19.8 Å². The third-order valence-corrected chi connectivity index (χ3v) is 3.57. The van der Waals surface area contributed by atoms with E-state index >= 15 is 0 Å². The van der Waals surface area contributed by atoms with Crippen molar-refractivity contribution < 1.29 is 18.0 Å². The SMILES string of the molecule is CC1(C)CCCNC1c1nc(CCOCC(F)F)no1. The molecule has 7 heteroatoms. The zero-order valence-electron chi connectivity index (χ0n) is 11.9. The summed E-state index contributed by atoms with van der Waals surface area (Å²) in [6, 6.07) is 0.0412. The molecule has 1 atom stereocenters. The summed E-state index contributed by atoms with van der Waals surface area (Å²) in [4.78, 5) is 4.34. The Morgan fingerprint density at radius 1 is 1.50 bits per heavy atom. The summed E-state index contributed by atoms with van der Waals surface area (Å²) in [6.07, 6.45) is 0.165. The number of hydrogen-bond donors (Lipinski definition) is 1. The van der Waals surface area contributed by atoms with Crippen molar-refractivity contribution in [2.24, 2.45) is 5.41 Å². The first kappa shape index (κ1) is 15.3. The van der Waals surface area contributed by atoms with E-state index in [1.54, 1.807) is 0 Å². The van der Waals surface area contributed by atoms with Gasteiger partial charge in [0.15, 0.2) is 5.82 Å². The summed E-state index contributed by atoms with van der Waals surface area (Å²) in [5.74, 6) is 1.07. The number of piperidine rings is 1. The molecule has 0 bridgehead atoms. The van der Waals surface area contributed by atoms with Crippen LogP contribution in [0, 0.1) is 5.41 Å². The number of hydrogen-bond acceptors (Lipinski definition) is 5. The van der Waals surface area contributed by atoms with Crippen LogP contribution in [0.1, 0.15) is 44.4 Å². The maximum Gasteiger partial charge on any atom is 0.261 e. The molecule has 2 rings (SSSR count). The second-order valence-electron chi connectivity index (χ2n) is 5.74. The fraction of sp³-hybridized carbons (Fsp3) is 0.846. The molecule has 1 aromatic rings. The minimum atomic E-state index is -2.44. The van der Waals surface area contributed by atoms with Crippen LogP contribution in [-0.2, 0) is 11.2 Å². The normalized spacial score (nSPS) is 22.4. The molecule has 1 fully saturated rings. The Balaban J connectivity index is 1.88. The summed E-state index contributed by atoms with van der Waals surface area (Å²) in [7, 11) is 0. The molecule has 0 saturated carbocycles. The van der Waals surface area contributed by atoms with E-state index in [1.165, 1.54) is 0 Å². The lowest BCUT2D eigenvalue weighted by Crippen LogP contribution is -2.39. The summed E-state index contributed by atoms with van der Waals surface area (Å²) in [5.41, 5.74) is 0.0637. The minimum Gasteiger partial charge on any atom is -0.375 e. The summed E-state index contributed by atoms with van der Waals surface area (Å²) in [5, 5.41) is 7.27. The van der Waals surface area contributed by atoms with Gasteiger partial charge in [-0.3, -0.25) is 0 Å². The maximum atomic E-state index is 11.9. The second kappa shape index (κ2) is 6.58. The van der Waals surface area contributed by atoms with Gasteiger partial charge in [0.25, 0.3) is 6.43 Å². The Morgan fingerprint density at radius 3 is 3.00 bits per heavy atom. The van der Waals surface area contributed by atoms with Crippen molar-refractivity contribution in [1.29, 1.82) is 0 Å². The quantitative estimate of drug-likeness (QED) is 0.815. The van der Waals surface area contributed by atoms with Crippen molar-refractivity contribution in [1.82, 2.24) is 15.5 Å². The van der Waals surface area contributed by atoms with E-state index in [0.717, 1.165) is 19.4 Å². The summed E-state index contributed by atoms with van der Waals surface area (Å²) >= 11 is 0. The predicted molar refractivity (Wildman–Crippen MR) is 68.6 cm³/mol. The van der Waals surface area contributed by atoms with E-state index in [4.69, 9.17) is 9.26 Å². The molecular formula is C13H21F2N3O2. The molecule has 1 aromatic heterocycles. The largest absolute Gasteiger partial charge is 0.375 e. The molecule has 0 spiro atoms. The van der Waals surface area contributed by atoms with Crippen LogP contribution in [0.15, 0.2) is 4.52 Å². The standard InChI is InChI=1S/C13H21F2N3O2/c1-13(2)5-3-6-16-11(13)12-17-10(18-20-12)4-7-19-8-9(14)15/h9,11,16H,3-8H2,1-2H3. The van der Waals surface area contributed by atoms with Gasteiger partial charge >= 0.3 is 0 Å². The molecule has 1 aliphatic heterocycles. The average molecular weight is 289 g/mol. The van der Waals surface area contributed by atoms with Crippen molar-refractivity contribution in [2.45, 2.75) is 45.6 Å². The average Bonchev–Trinajstić information content (AvgIpc) is 2.82. The van der Waals surface area contributed by atoms with Gasteiger partial charge in [0.1, 0.15) is 6.61 Å². The molecule has 114 valence electrons. The van der Waals surface area contributed by atoms with Gasteiger partial charge in [0.05, 0.1) is 12.6 Å². The highest BCUT2D eigenvalue weighted by Gasteiger charge is 2.36. The molecular weight excluding hydrogens is 268 g/mol. The van der Waals surface area contributed by atoms with Crippen LogP contribution in [0.3, 0.4) is 0 Å². The first-order valence-corrected chi connectivity index (χ1v) is 6.91. The van der Waals surface area contributed by atoms with Gasteiger partial charge in [-0.15, -0.1) is 0 Å². The summed E-state index contributed by atoms with van der Waals surface area (Å²) < 4.78 is 33.9. The number of ether oxygens (including phenoxy) is 1. The number of nitrogens with zero attached hydrogens (tertiary/aromatic N) is 2. The van der Waals surface area contributed by atoms with E-state index in [1.807, 2.05) is 0 Å². The van der Waals surface area contributed by atoms with Crippen molar-refractivity contribution in [3.05, 3.63) is 11.7 Å². The maximum absolute atomic E-state index is 11.9. The highest BCUT2D eigenvalue weighted by molar-refractivity contribution is 5.01. The van der Waals surface area contributed by atoms with Gasteiger partial charge in [-0.25, -0.2) is 8.78 Å². The summed E-state index contributed by atoms with van der Waals surface area (Å²) in [6.45, 7) is 4.88. The molecule has 0 amide bonds. The zero-order valence-corrected chi connectivity index (χ0v) is 11.9. The van der Waals surface area contributed by atoms with Gasteiger partial charge < -0.3 is 14.6 Å². The monoisotopic (exact) mass is 289 g/mol. The van der Waals surface area contributed by atoms with Gasteiger partial charge in [0.2, 0.25) is 5.89 Å². The van der Waals surface area contributed by atoms with E-state index in [0.29, 0.717) is 18.1 Å². The first-order chi connectivity index (χ1) is 9.49. The van der Waals surface area contributed by atoms with Gasteiger partial charge in [-0.2, -0.15) is 4.98 Å². The smallest absolute Gasteiger partial charge is 0.261 e. The predicted octanol–water partition coefficient (Wildman–Crippen LogP) is 2.34. The zero-order chi connectivity index (χ0) is 14.6. The topological polar surface area (TPSA) is 60.2 Å². The Hall–Kier alpha value is -1.08. The Bertz CT molecular complexity index is 424. The third kappa shape index (κ3) is 3.96. The second-order valence-corrected chi connectivity index (χ2v) is 5.74. The number of aromatic nitrogens is 2. The fourth-order valence-corrected chi connectivity index (χ4v) is 2.45. The van der Waals surface area contributed by atoms with E-state index < -0.39 is 13.0 Å². The lowest BCUT2D eigenvalue weighted by Gasteiger charge is -2.36. The molecule has 1 unspecified atom stereocenters. The molecule has 20 heavy (non-hydrogen) atoms. The van der Waals surface area contributed by atoms with Crippen LogP contribution in [0.4, 0.5) is 8.78 Å². The highest BCUT2D eigenvalue weighted by Crippen LogP contribution is 2.39. The van der Waals surface area contributed by atoms with Gasteiger partial charge in [-0.05, 0) is 24.8 Å². The molecule has 0 aliphatic carbocycles. The Labute approximate surface area is 117 Å². The lowest BCUT2D eigenvalue weighted by molar-refractivity contribution is 0.0182. The molecule has 5 nitrogen and oxygen atoms in total. The van der Waals surface area contributed by atoms with E-state index in [2.05, 4.69) is 29.3 Å². The van der Waals surface area contributed by atoms with Crippen LogP contribution < -0.4 is 5.32 Å². The number of nitrogens with one attached hydrogen (secondary N) is 1. The molecule has 1 N–H and O–H groups in total. The fourth-order valence-electron chi connectivity index (χ4n) is 2.45. The molecule has 2 heterocycles. The molecule has 0 aromatic carbocycles. The van der Waals surface area contributed by atoms with Gasteiger partial charge in [-0.1, -0.05) is 19.0 Å². The highest BCUT2D eigenvalue weighted by atomic mass is 19.3. The molecule has 1 aliphatic rings. The van der Waals surface area contributed by atoms with Crippen LogP contribution in [0.5, 0.6) is 0 Å². The van der Waals surface area contributed by atoms with Crippen LogP contribution in [-0.4, -0.2) is 36.3 Å². The Morgan fingerprint density at radius 2 is 2.30 bits per heavy atom. The van der Waals surface area contributed by atoms with Crippen molar-refractivity contribution in [3.8, 4) is 0 Å². The molecule has 0 radical (unpaired) electrons. The van der Waals surface area contributed by atoms with Crippen molar-refractivity contribution in [3.63, 3.8) is 0 Å². The number of rotatable bonds is 6. The number of halogens is 2. The Kier molecular flexibility index (Phi) is 5.04. The lowest BCUT2D eigenvalue weighted by atomic mass is 9.77. The van der Waals surface area contributed by atoms with Crippen LogP contribution in [0.2, 0.25) is 0 Å². The van der Waals surface area contributed by atoms with Crippen LogP contribution in [0.25, 0.3) is 0 Å². The van der Waals surface area contributed by atoms with Gasteiger partial charge in [0, 0.05) is 6.42 Å². The minimum absolute atomic E-state index is 0.0412. The first-order valence-electron chi connectivity index (χ1n) is 6.91.